The molecule has 128 valence electrons. The lowest BCUT2D eigenvalue weighted by molar-refractivity contribution is -0.0707. The standard InChI is InChI=1S/C17H20FN3O2S/c1-11-7-21(8-12(2)23-11)9-13-10-24-17(19-13)20-16(22)14-5-3-4-6-15(14)18/h3-6,10-12H,7-9H2,1-2H3,(H,19,20,22). The fourth-order valence-corrected chi connectivity index (χ4v) is 3.59. The zero-order chi connectivity index (χ0) is 17.1. The van der Waals surface area contributed by atoms with Crippen LogP contribution in [-0.2, 0) is 11.3 Å². The number of halogens is 1. The van der Waals surface area contributed by atoms with Gasteiger partial charge in [-0.3, -0.25) is 15.0 Å². The average Bonchev–Trinajstić information content (AvgIpc) is 2.93. The quantitative estimate of drug-likeness (QED) is 0.921. The number of nitrogens with zero attached hydrogens (tertiary/aromatic N) is 2. The highest BCUT2D eigenvalue weighted by atomic mass is 32.1. The van der Waals surface area contributed by atoms with Crippen molar-refractivity contribution >= 4 is 22.4 Å². The number of morpholine rings is 1. The lowest BCUT2D eigenvalue weighted by atomic mass is 10.2. The molecule has 1 N–H and O–H groups in total. The fraction of sp³-hybridized carbons (Fsp3) is 0.412. The highest BCUT2D eigenvalue weighted by Crippen LogP contribution is 2.20. The van der Waals surface area contributed by atoms with Crippen molar-refractivity contribution in [2.75, 3.05) is 18.4 Å². The van der Waals surface area contributed by atoms with Crippen molar-refractivity contribution < 1.29 is 13.9 Å². The molecule has 1 aromatic carbocycles. The van der Waals surface area contributed by atoms with E-state index < -0.39 is 11.7 Å². The molecule has 1 saturated heterocycles. The molecule has 2 aromatic rings. The summed E-state index contributed by atoms with van der Waals surface area (Å²) in [4.78, 5) is 18.8. The van der Waals surface area contributed by atoms with Gasteiger partial charge in [-0.2, -0.15) is 0 Å². The molecule has 0 spiro atoms. The molecule has 0 aliphatic carbocycles. The van der Waals surface area contributed by atoms with Crippen LogP contribution in [0.15, 0.2) is 29.6 Å². The molecule has 0 bridgehead atoms. The normalized spacial score (nSPS) is 21.6. The maximum atomic E-state index is 13.6. The van der Waals surface area contributed by atoms with Gasteiger partial charge in [0.15, 0.2) is 5.13 Å². The van der Waals surface area contributed by atoms with Gasteiger partial charge in [0.1, 0.15) is 5.82 Å². The minimum atomic E-state index is -0.539. The topological polar surface area (TPSA) is 54.5 Å². The summed E-state index contributed by atoms with van der Waals surface area (Å²) in [6.45, 7) is 6.55. The van der Waals surface area contributed by atoms with Crippen molar-refractivity contribution in [3.05, 3.63) is 46.7 Å². The third-order valence-electron chi connectivity index (χ3n) is 3.77. The number of aromatic nitrogens is 1. The summed E-state index contributed by atoms with van der Waals surface area (Å²) < 4.78 is 19.4. The minimum absolute atomic E-state index is 0.0186. The number of ether oxygens (including phenoxy) is 1. The number of thiazole rings is 1. The Labute approximate surface area is 144 Å². The first-order valence-electron chi connectivity index (χ1n) is 7.89. The van der Waals surface area contributed by atoms with Gasteiger partial charge in [-0.1, -0.05) is 12.1 Å². The monoisotopic (exact) mass is 349 g/mol. The second-order valence-corrected chi connectivity index (χ2v) is 6.89. The van der Waals surface area contributed by atoms with E-state index in [0.717, 1.165) is 18.8 Å². The third kappa shape index (κ3) is 4.17. The van der Waals surface area contributed by atoms with Crippen LogP contribution in [0.1, 0.15) is 29.9 Å². The molecule has 24 heavy (non-hydrogen) atoms. The summed E-state index contributed by atoms with van der Waals surface area (Å²) in [5.41, 5.74) is 0.912. The highest BCUT2D eigenvalue weighted by molar-refractivity contribution is 7.13. The van der Waals surface area contributed by atoms with E-state index in [0.29, 0.717) is 11.7 Å². The molecule has 2 atom stereocenters. The zero-order valence-corrected chi connectivity index (χ0v) is 14.5. The number of benzene rings is 1. The number of rotatable bonds is 4. The third-order valence-corrected chi connectivity index (χ3v) is 4.58. The Bertz CT molecular complexity index is 711. The average molecular weight is 349 g/mol. The van der Waals surface area contributed by atoms with Gasteiger partial charge in [-0.25, -0.2) is 9.37 Å². The van der Waals surface area contributed by atoms with E-state index in [1.807, 2.05) is 5.38 Å². The summed E-state index contributed by atoms with van der Waals surface area (Å²) in [5.74, 6) is -1.02. The van der Waals surface area contributed by atoms with Crippen molar-refractivity contribution in [3.8, 4) is 0 Å². The predicted octanol–water partition coefficient (Wildman–Crippen LogP) is 3.14. The highest BCUT2D eigenvalue weighted by Gasteiger charge is 2.23. The maximum absolute atomic E-state index is 13.6. The molecule has 1 amide bonds. The molecular weight excluding hydrogens is 329 g/mol. The Morgan fingerprint density at radius 1 is 1.38 bits per heavy atom. The van der Waals surface area contributed by atoms with Crippen LogP contribution in [0.4, 0.5) is 9.52 Å². The first-order valence-corrected chi connectivity index (χ1v) is 8.77. The van der Waals surface area contributed by atoms with Crippen LogP contribution in [0.3, 0.4) is 0 Å². The molecule has 1 aliphatic heterocycles. The first kappa shape index (κ1) is 17.0. The van der Waals surface area contributed by atoms with Crippen LogP contribution >= 0.6 is 11.3 Å². The number of nitrogens with one attached hydrogen (secondary N) is 1. The van der Waals surface area contributed by atoms with Gasteiger partial charge in [0.2, 0.25) is 0 Å². The van der Waals surface area contributed by atoms with Crippen molar-refractivity contribution in [1.29, 1.82) is 0 Å². The Balaban J connectivity index is 1.61. The summed E-state index contributed by atoms with van der Waals surface area (Å²) in [5, 5.41) is 5.06. The molecule has 1 aliphatic rings. The Hall–Kier alpha value is -1.83. The summed E-state index contributed by atoms with van der Waals surface area (Å²) in [7, 11) is 0. The van der Waals surface area contributed by atoms with Gasteiger partial charge in [0, 0.05) is 25.0 Å². The van der Waals surface area contributed by atoms with Crippen molar-refractivity contribution in [3.63, 3.8) is 0 Å². The van der Waals surface area contributed by atoms with Crippen LogP contribution in [0.2, 0.25) is 0 Å². The molecule has 0 radical (unpaired) electrons. The van der Waals surface area contributed by atoms with E-state index in [1.54, 1.807) is 12.1 Å². The van der Waals surface area contributed by atoms with Crippen LogP contribution in [0.5, 0.6) is 0 Å². The molecule has 1 aromatic heterocycles. The second kappa shape index (κ2) is 7.38. The van der Waals surface area contributed by atoms with Crippen molar-refractivity contribution in [2.45, 2.75) is 32.6 Å². The maximum Gasteiger partial charge on any atom is 0.260 e. The van der Waals surface area contributed by atoms with Crippen molar-refractivity contribution in [1.82, 2.24) is 9.88 Å². The van der Waals surface area contributed by atoms with Crippen LogP contribution in [0.25, 0.3) is 0 Å². The van der Waals surface area contributed by atoms with E-state index in [2.05, 4.69) is 29.0 Å². The van der Waals surface area contributed by atoms with E-state index in [4.69, 9.17) is 4.74 Å². The Morgan fingerprint density at radius 3 is 2.79 bits per heavy atom. The van der Waals surface area contributed by atoms with E-state index in [1.165, 1.54) is 23.5 Å². The fourth-order valence-electron chi connectivity index (χ4n) is 2.89. The molecular formula is C17H20FN3O2S. The minimum Gasteiger partial charge on any atom is -0.373 e. The Morgan fingerprint density at radius 2 is 2.08 bits per heavy atom. The second-order valence-electron chi connectivity index (χ2n) is 6.03. The summed E-state index contributed by atoms with van der Waals surface area (Å²) in [6.07, 6.45) is 0.403. The number of hydrogen-bond donors (Lipinski definition) is 1. The molecule has 2 heterocycles. The first-order chi connectivity index (χ1) is 11.5. The smallest absolute Gasteiger partial charge is 0.260 e. The summed E-state index contributed by atoms with van der Waals surface area (Å²) in [6, 6.07) is 5.91. The summed E-state index contributed by atoms with van der Waals surface area (Å²) >= 11 is 1.35. The van der Waals surface area contributed by atoms with Gasteiger partial charge >= 0.3 is 0 Å². The Kier molecular flexibility index (Phi) is 5.23. The van der Waals surface area contributed by atoms with Gasteiger partial charge in [-0.15, -0.1) is 11.3 Å². The van der Waals surface area contributed by atoms with Crippen LogP contribution in [-0.4, -0.2) is 41.1 Å². The molecule has 2 unspecified atom stereocenters. The molecule has 3 rings (SSSR count). The number of carbonyl (C=O) groups excluding carboxylic acids is 1. The van der Waals surface area contributed by atoms with Gasteiger partial charge in [0.25, 0.3) is 5.91 Å². The molecule has 0 saturated carbocycles. The lowest BCUT2D eigenvalue weighted by Gasteiger charge is -2.34. The van der Waals surface area contributed by atoms with Crippen LogP contribution in [0, 0.1) is 5.82 Å². The number of amides is 1. The lowest BCUT2D eigenvalue weighted by Crippen LogP contribution is -2.44. The van der Waals surface area contributed by atoms with E-state index >= 15 is 0 Å². The zero-order valence-electron chi connectivity index (χ0n) is 13.7. The largest absolute Gasteiger partial charge is 0.373 e. The van der Waals surface area contributed by atoms with Crippen molar-refractivity contribution in [2.24, 2.45) is 0 Å². The molecule has 7 heteroatoms. The predicted molar refractivity (Wildman–Crippen MR) is 91.8 cm³/mol. The van der Waals surface area contributed by atoms with Gasteiger partial charge < -0.3 is 4.74 Å². The van der Waals surface area contributed by atoms with Gasteiger partial charge in [-0.05, 0) is 26.0 Å². The van der Waals surface area contributed by atoms with Gasteiger partial charge in [0.05, 0.1) is 23.5 Å². The number of carbonyl (C=O) groups is 1. The molecule has 5 nitrogen and oxygen atoms in total. The van der Waals surface area contributed by atoms with E-state index in [-0.39, 0.29) is 17.8 Å². The van der Waals surface area contributed by atoms with Crippen LogP contribution < -0.4 is 5.32 Å². The number of anilines is 1. The SMILES string of the molecule is CC1CN(Cc2csc(NC(=O)c3ccccc3F)n2)CC(C)O1. The molecule has 1 fully saturated rings. The number of hydrogen-bond acceptors (Lipinski definition) is 5. The van der Waals surface area contributed by atoms with E-state index in [9.17, 15) is 9.18 Å².